The lowest BCUT2D eigenvalue weighted by Gasteiger charge is -2.13. The maximum Gasteiger partial charge on any atom is 0.0852 e. The fourth-order valence-electron chi connectivity index (χ4n) is 4.16. The van der Waals surface area contributed by atoms with Gasteiger partial charge >= 0.3 is 0 Å². The molecule has 2 aromatic carbocycles. The van der Waals surface area contributed by atoms with Crippen LogP contribution in [-0.2, 0) is 0 Å². The maximum atomic E-state index is 5.15. The monoisotopic (exact) mass is 453 g/mol. The molecule has 0 fully saturated rings. The molecule has 1 aromatic heterocycles. The van der Waals surface area contributed by atoms with Crippen molar-refractivity contribution in [2.45, 2.75) is 80.1 Å². The van der Waals surface area contributed by atoms with Gasteiger partial charge in [-0.05, 0) is 87.8 Å². The van der Waals surface area contributed by atoms with Crippen LogP contribution >= 0.6 is 0 Å². The van der Waals surface area contributed by atoms with E-state index < -0.39 is 0 Å². The van der Waals surface area contributed by atoms with Crippen molar-refractivity contribution in [3.8, 4) is 0 Å². The SMILES string of the molecule is CCCC/C(=N\c1c(C)cccc1C)c1cccc(/C(CCCC)=N/c2c(C)cccc2C)n1. The molecule has 0 spiro atoms. The molecule has 0 saturated heterocycles. The molecular weight excluding hydrogens is 414 g/mol. The number of nitrogens with zero attached hydrogens (tertiary/aromatic N) is 3. The van der Waals surface area contributed by atoms with Crippen LogP contribution in [0.15, 0.2) is 64.6 Å². The molecule has 0 bridgehead atoms. The number of unbranched alkanes of at least 4 members (excludes halogenated alkanes) is 2. The lowest BCUT2D eigenvalue weighted by molar-refractivity contribution is 0.830. The second-order valence-electron chi connectivity index (χ2n) is 9.21. The van der Waals surface area contributed by atoms with Gasteiger partial charge in [-0.15, -0.1) is 0 Å². The van der Waals surface area contributed by atoms with Crippen LogP contribution in [0.1, 0.15) is 86.0 Å². The van der Waals surface area contributed by atoms with Crippen molar-refractivity contribution in [3.63, 3.8) is 0 Å². The van der Waals surface area contributed by atoms with Gasteiger partial charge in [0, 0.05) is 0 Å². The minimum atomic E-state index is 0.916. The molecule has 0 radical (unpaired) electrons. The van der Waals surface area contributed by atoms with Crippen LogP contribution in [0.4, 0.5) is 11.4 Å². The topological polar surface area (TPSA) is 37.6 Å². The first-order valence-corrected chi connectivity index (χ1v) is 12.7. The molecular formula is C31H39N3. The first-order valence-electron chi connectivity index (χ1n) is 12.7. The molecule has 0 aliphatic carbocycles. The van der Waals surface area contributed by atoms with E-state index in [1.807, 2.05) is 0 Å². The van der Waals surface area contributed by atoms with E-state index in [0.29, 0.717) is 0 Å². The maximum absolute atomic E-state index is 5.15. The molecule has 0 saturated carbocycles. The third-order valence-corrected chi connectivity index (χ3v) is 6.25. The second-order valence-corrected chi connectivity index (χ2v) is 9.21. The molecule has 0 aliphatic heterocycles. The van der Waals surface area contributed by atoms with Gasteiger partial charge in [-0.3, -0.25) is 9.98 Å². The van der Waals surface area contributed by atoms with Crippen LogP contribution in [0.2, 0.25) is 0 Å². The van der Waals surface area contributed by atoms with E-state index in [-0.39, 0.29) is 0 Å². The highest BCUT2D eigenvalue weighted by Crippen LogP contribution is 2.27. The van der Waals surface area contributed by atoms with Gasteiger partial charge in [0.25, 0.3) is 0 Å². The first kappa shape index (κ1) is 25.6. The summed E-state index contributed by atoms with van der Waals surface area (Å²) >= 11 is 0. The van der Waals surface area contributed by atoms with Crippen molar-refractivity contribution < 1.29 is 0 Å². The molecule has 178 valence electrons. The van der Waals surface area contributed by atoms with Gasteiger partial charge in [-0.1, -0.05) is 69.2 Å². The van der Waals surface area contributed by atoms with Crippen molar-refractivity contribution in [1.82, 2.24) is 4.98 Å². The normalized spacial score (nSPS) is 12.3. The molecule has 1 heterocycles. The van der Waals surface area contributed by atoms with Crippen LogP contribution in [0.25, 0.3) is 0 Å². The average Bonchev–Trinajstić information content (AvgIpc) is 2.83. The van der Waals surface area contributed by atoms with E-state index in [4.69, 9.17) is 15.0 Å². The number of aryl methyl sites for hydroxylation is 4. The largest absolute Gasteiger partial charge is 0.251 e. The Balaban J connectivity index is 2.10. The van der Waals surface area contributed by atoms with Crippen LogP contribution in [0.5, 0.6) is 0 Å². The zero-order valence-corrected chi connectivity index (χ0v) is 21.8. The minimum Gasteiger partial charge on any atom is -0.251 e. The van der Waals surface area contributed by atoms with Gasteiger partial charge in [0.1, 0.15) is 0 Å². The van der Waals surface area contributed by atoms with Gasteiger partial charge in [-0.2, -0.15) is 0 Å². The van der Waals surface area contributed by atoms with Crippen molar-refractivity contribution in [2.24, 2.45) is 9.98 Å². The number of hydrogen-bond acceptors (Lipinski definition) is 3. The Bertz CT molecular complexity index is 1040. The molecule has 34 heavy (non-hydrogen) atoms. The third-order valence-electron chi connectivity index (χ3n) is 6.25. The van der Waals surface area contributed by atoms with Crippen molar-refractivity contribution >= 4 is 22.8 Å². The number of aromatic nitrogens is 1. The van der Waals surface area contributed by atoms with Crippen LogP contribution in [-0.4, -0.2) is 16.4 Å². The summed E-state index contributed by atoms with van der Waals surface area (Å²) in [5.41, 5.74) is 11.0. The van der Waals surface area contributed by atoms with Gasteiger partial charge in [0.2, 0.25) is 0 Å². The summed E-state index contributed by atoms with van der Waals surface area (Å²) in [7, 11) is 0. The molecule has 3 nitrogen and oxygen atoms in total. The predicted octanol–water partition coefficient (Wildman–Crippen LogP) is 8.94. The lowest BCUT2D eigenvalue weighted by atomic mass is 10.0. The van der Waals surface area contributed by atoms with Gasteiger partial charge in [-0.25, -0.2) is 4.98 Å². The number of pyridine rings is 1. The highest BCUT2D eigenvalue weighted by Gasteiger charge is 2.13. The van der Waals surface area contributed by atoms with Crippen molar-refractivity contribution in [1.29, 1.82) is 0 Å². The number of aliphatic imine (C=N–C) groups is 2. The van der Waals surface area contributed by atoms with Crippen molar-refractivity contribution in [2.75, 3.05) is 0 Å². The van der Waals surface area contributed by atoms with Crippen LogP contribution < -0.4 is 0 Å². The fourth-order valence-corrected chi connectivity index (χ4v) is 4.16. The number of benzene rings is 2. The highest BCUT2D eigenvalue weighted by molar-refractivity contribution is 6.04. The van der Waals surface area contributed by atoms with Gasteiger partial charge < -0.3 is 0 Å². The van der Waals surface area contributed by atoms with E-state index in [0.717, 1.165) is 72.7 Å². The summed E-state index contributed by atoms with van der Waals surface area (Å²) in [6.45, 7) is 13.0. The van der Waals surface area contributed by atoms with E-state index in [2.05, 4.69) is 96.1 Å². The van der Waals surface area contributed by atoms with E-state index in [1.165, 1.54) is 22.3 Å². The quantitative estimate of drug-likeness (QED) is 0.282. The Labute approximate surface area is 206 Å². The zero-order chi connectivity index (χ0) is 24.5. The second kappa shape index (κ2) is 12.4. The third kappa shape index (κ3) is 6.50. The summed E-state index contributed by atoms with van der Waals surface area (Å²) in [4.78, 5) is 15.4. The zero-order valence-electron chi connectivity index (χ0n) is 21.8. The summed E-state index contributed by atoms with van der Waals surface area (Å²) in [5, 5.41) is 0. The summed E-state index contributed by atoms with van der Waals surface area (Å²) in [6.07, 6.45) is 6.27. The van der Waals surface area contributed by atoms with Crippen molar-refractivity contribution in [3.05, 3.63) is 88.2 Å². The molecule has 3 aromatic rings. The van der Waals surface area contributed by atoms with Gasteiger partial charge in [0.05, 0.1) is 34.2 Å². The predicted molar refractivity (Wildman–Crippen MR) is 148 cm³/mol. The Hall–Kier alpha value is -3.07. The summed E-state index contributed by atoms with van der Waals surface area (Å²) < 4.78 is 0. The average molecular weight is 454 g/mol. The molecule has 0 amide bonds. The number of rotatable bonds is 10. The summed E-state index contributed by atoms with van der Waals surface area (Å²) in [5.74, 6) is 0. The summed E-state index contributed by atoms with van der Waals surface area (Å²) in [6, 6.07) is 19.0. The highest BCUT2D eigenvalue weighted by atomic mass is 14.8. The Morgan fingerprint density at radius 3 is 1.29 bits per heavy atom. The first-order chi connectivity index (χ1) is 16.4. The Kier molecular flexibility index (Phi) is 9.33. The number of hydrogen-bond donors (Lipinski definition) is 0. The molecule has 0 aliphatic rings. The van der Waals surface area contributed by atoms with Gasteiger partial charge in [0.15, 0.2) is 0 Å². The number of para-hydroxylation sites is 2. The minimum absolute atomic E-state index is 0.916. The molecule has 0 N–H and O–H groups in total. The standard InChI is InChI=1S/C31H39N3/c1-7-9-18-28(33-30-22(3)14-11-15-23(30)4)26-20-13-21-27(32-26)29(19-10-8-2)34-31-24(5)16-12-17-25(31)6/h11-17,20-21H,7-10,18-19H2,1-6H3/b33-28+,34-29+. The lowest BCUT2D eigenvalue weighted by Crippen LogP contribution is -2.10. The Morgan fingerprint density at radius 2 is 0.941 bits per heavy atom. The van der Waals surface area contributed by atoms with E-state index >= 15 is 0 Å². The molecule has 0 atom stereocenters. The smallest absolute Gasteiger partial charge is 0.0852 e. The molecule has 3 rings (SSSR count). The van der Waals surface area contributed by atoms with Crippen LogP contribution in [0, 0.1) is 27.7 Å². The fraction of sp³-hybridized carbons (Fsp3) is 0.387. The van der Waals surface area contributed by atoms with Crippen LogP contribution in [0.3, 0.4) is 0 Å². The molecule has 3 heteroatoms. The Morgan fingerprint density at radius 1 is 0.588 bits per heavy atom. The molecule has 0 unspecified atom stereocenters. The van der Waals surface area contributed by atoms with E-state index in [1.54, 1.807) is 0 Å². The van der Waals surface area contributed by atoms with E-state index in [9.17, 15) is 0 Å².